The molecule has 0 amide bonds. The van der Waals surface area contributed by atoms with Crippen molar-refractivity contribution in [3.63, 3.8) is 0 Å². The van der Waals surface area contributed by atoms with Gasteiger partial charge < -0.3 is 4.74 Å². The highest BCUT2D eigenvalue weighted by Gasteiger charge is 2.02. The Balaban J connectivity index is 2.33. The van der Waals surface area contributed by atoms with Crippen LogP contribution in [-0.2, 0) is 0 Å². The number of nitrogens with zero attached hydrogens (tertiary/aromatic N) is 2. The number of unbranched alkanes of at least 4 members (excludes halogenated alkanes) is 3. The van der Waals surface area contributed by atoms with Crippen LogP contribution in [-0.4, -0.2) is 16.6 Å². The van der Waals surface area contributed by atoms with Crippen LogP contribution in [0.25, 0.3) is 0 Å². The topological polar surface area (TPSA) is 35.0 Å². The van der Waals surface area contributed by atoms with E-state index in [1.165, 1.54) is 19.3 Å². The Bertz CT molecular complexity index is 305. The number of hydrogen-bond donors (Lipinski definition) is 0. The van der Waals surface area contributed by atoms with Crippen LogP contribution in [0.5, 0.6) is 5.88 Å². The maximum atomic E-state index is 5.68. The van der Waals surface area contributed by atoms with Gasteiger partial charge in [0.1, 0.15) is 0 Å². The molecule has 0 aliphatic carbocycles. The van der Waals surface area contributed by atoms with Gasteiger partial charge in [0.05, 0.1) is 6.61 Å². The van der Waals surface area contributed by atoms with Crippen molar-refractivity contribution < 1.29 is 4.74 Å². The second-order valence-corrected chi connectivity index (χ2v) is 3.87. The van der Waals surface area contributed by atoms with Crippen LogP contribution in [0.4, 0.5) is 0 Å². The van der Waals surface area contributed by atoms with Crippen molar-refractivity contribution in [1.82, 2.24) is 9.97 Å². The van der Waals surface area contributed by atoms with Crippen molar-refractivity contribution in [2.75, 3.05) is 6.61 Å². The van der Waals surface area contributed by atoms with Gasteiger partial charge in [-0.1, -0.05) is 26.2 Å². The van der Waals surface area contributed by atoms with E-state index in [9.17, 15) is 0 Å². The van der Waals surface area contributed by atoms with Crippen molar-refractivity contribution in [1.29, 1.82) is 0 Å². The normalized spacial score (nSPS) is 10.3. The van der Waals surface area contributed by atoms with Crippen LogP contribution in [0.1, 0.15) is 38.2 Å². The molecule has 1 rings (SSSR count). The average molecular weight is 229 g/mol. The van der Waals surface area contributed by atoms with Crippen LogP contribution in [0.2, 0.25) is 5.28 Å². The molecule has 0 aliphatic rings. The van der Waals surface area contributed by atoms with Crippen molar-refractivity contribution in [2.24, 2.45) is 0 Å². The van der Waals surface area contributed by atoms with E-state index in [0.29, 0.717) is 12.5 Å². The van der Waals surface area contributed by atoms with E-state index in [1.807, 2.05) is 6.92 Å². The van der Waals surface area contributed by atoms with E-state index in [-0.39, 0.29) is 5.28 Å². The van der Waals surface area contributed by atoms with Crippen molar-refractivity contribution >= 4 is 11.6 Å². The highest BCUT2D eigenvalue weighted by molar-refractivity contribution is 6.28. The largest absolute Gasteiger partial charge is 0.477 e. The first-order chi connectivity index (χ1) is 7.24. The Hall–Kier alpha value is -0.830. The van der Waals surface area contributed by atoms with Crippen molar-refractivity contribution in [3.05, 3.63) is 17.0 Å². The first-order valence-corrected chi connectivity index (χ1v) is 5.73. The second-order valence-electron chi connectivity index (χ2n) is 3.54. The quantitative estimate of drug-likeness (QED) is 0.553. The van der Waals surface area contributed by atoms with Crippen molar-refractivity contribution in [2.45, 2.75) is 39.5 Å². The number of rotatable bonds is 6. The van der Waals surface area contributed by atoms with Crippen LogP contribution in [0, 0.1) is 6.92 Å². The minimum Gasteiger partial charge on any atom is -0.477 e. The lowest BCUT2D eigenvalue weighted by Crippen LogP contribution is -2.01. The van der Waals surface area contributed by atoms with E-state index in [2.05, 4.69) is 16.9 Å². The molecule has 0 unspecified atom stereocenters. The molecule has 0 atom stereocenters. The number of hydrogen-bond acceptors (Lipinski definition) is 3. The molecule has 0 aliphatic heterocycles. The minimum absolute atomic E-state index is 0.240. The van der Waals surface area contributed by atoms with Gasteiger partial charge in [0.15, 0.2) is 0 Å². The van der Waals surface area contributed by atoms with Crippen molar-refractivity contribution in [3.8, 4) is 5.88 Å². The molecule has 0 N–H and O–H groups in total. The van der Waals surface area contributed by atoms with Gasteiger partial charge in [-0.05, 0) is 24.9 Å². The average Bonchev–Trinajstić information content (AvgIpc) is 2.23. The first-order valence-electron chi connectivity index (χ1n) is 5.36. The summed E-state index contributed by atoms with van der Waals surface area (Å²) < 4.78 is 5.53. The lowest BCUT2D eigenvalue weighted by Gasteiger charge is -2.07. The van der Waals surface area contributed by atoms with Gasteiger partial charge in [0, 0.05) is 11.8 Å². The molecule has 0 radical (unpaired) electrons. The predicted molar refractivity (Wildman–Crippen MR) is 61.4 cm³/mol. The summed E-state index contributed by atoms with van der Waals surface area (Å²) in [7, 11) is 0. The third-order valence-corrected chi connectivity index (χ3v) is 2.31. The van der Waals surface area contributed by atoms with Crippen LogP contribution < -0.4 is 4.74 Å². The van der Waals surface area contributed by atoms with E-state index in [4.69, 9.17) is 16.3 Å². The molecule has 1 heterocycles. The van der Waals surface area contributed by atoms with Gasteiger partial charge in [-0.15, -0.1) is 0 Å². The molecule has 0 aromatic carbocycles. The summed E-state index contributed by atoms with van der Waals surface area (Å²) in [6.45, 7) is 4.81. The van der Waals surface area contributed by atoms with E-state index < -0.39 is 0 Å². The van der Waals surface area contributed by atoms with Crippen LogP contribution >= 0.6 is 11.6 Å². The van der Waals surface area contributed by atoms with E-state index in [0.717, 1.165) is 12.0 Å². The molecule has 1 aromatic rings. The third-order valence-electron chi connectivity index (χ3n) is 2.13. The molecular weight excluding hydrogens is 212 g/mol. The Labute approximate surface area is 95.8 Å². The lowest BCUT2D eigenvalue weighted by atomic mass is 10.2. The number of aromatic nitrogens is 2. The number of aryl methyl sites for hydroxylation is 1. The SMILES string of the molecule is CCCCCCOc1nc(Cl)ncc1C. The van der Waals surface area contributed by atoms with Gasteiger partial charge in [-0.3, -0.25) is 0 Å². The smallest absolute Gasteiger partial charge is 0.225 e. The maximum absolute atomic E-state index is 5.68. The Kier molecular flexibility index (Phi) is 5.40. The summed E-state index contributed by atoms with van der Waals surface area (Å²) in [5.41, 5.74) is 0.926. The standard InChI is InChI=1S/C11H17ClN2O/c1-3-4-5-6-7-15-10-9(2)8-13-11(12)14-10/h8H,3-7H2,1-2H3. The zero-order valence-electron chi connectivity index (χ0n) is 9.29. The fraction of sp³-hybridized carbons (Fsp3) is 0.636. The second kappa shape index (κ2) is 6.62. The summed E-state index contributed by atoms with van der Waals surface area (Å²) in [4.78, 5) is 7.89. The summed E-state index contributed by atoms with van der Waals surface area (Å²) in [5.74, 6) is 0.603. The Morgan fingerprint density at radius 2 is 2.13 bits per heavy atom. The molecule has 0 saturated carbocycles. The van der Waals surface area contributed by atoms with E-state index in [1.54, 1.807) is 6.20 Å². The molecule has 0 bridgehead atoms. The highest BCUT2D eigenvalue weighted by atomic mass is 35.5. The molecule has 4 heteroatoms. The summed E-state index contributed by atoms with van der Waals surface area (Å²) in [6.07, 6.45) is 6.44. The number of halogens is 1. The van der Waals surface area contributed by atoms with Gasteiger partial charge >= 0.3 is 0 Å². The van der Waals surface area contributed by atoms with Crippen LogP contribution in [0.15, 0.2) is 6.20 Å². The van der Waals surface area contributed by atoms with Crippen LogP contribution in [0.3, 0.4) is 0 Å². The first kappa shape index (κ1) is 12.2. The van der Waals surface area contributed by atoms with E-state index >= 15 is 0 Å². The fourth-order valence-corrected chi connectivity index (χ4v) is 1.38. The summed E-state index contributed by atoms with van der Waals surface area (Å²) in [5, 5.41) is 0.240. The molecular formula is C11H17ClN2O. The molecule has 0 saturated heterocycles. The fourth-order valence-electron chi connectivity index (χ4n) is 1.25. The maximum Gasteiger partial charge on any atom is 0.225 e. The zero-order valence-corrected chi connectivity index (χ0v) is 10.0. The highest BCUT2D eigenvalue weighted by Crippen LogP contribution is 2.15. The third kappa shape index (κ3) is 4.47. The lowest BCUT2D eigenvalue weighted by molar-refractivity contribution is 0.291. The molecule has 0 spiro atoms. The summed E-state index contributed by atoms with van der Waals surface area (Å²) >= 11 is 5.68. The van der Waals surface area contributed by atoms with Gasteiger partial charge in [0.2, 0.25) is 11.2 Å². The number of ether oxygens (including phenoxy) is 1. The zero-order chi connectivity index (χ0) is 11.1. The van der Waals surface area contributed by atoms with Gasteiger partial charge in [-0.25, -0.2) is 4.98 Å². The Morgan fingerprint density at radius 1 is 1.33 bits per heavy atom. The monoisotopic (exact) mass is 228 g/mol. The summed E-state index contributed by atoms with van der Waals surface area (Å²) in [6, 6.07) is 0. The van der Waals surface area contributed by atoms with Gasteiger partial charge in [0.25, 0.3) is 0 Å². The predicted octanol–water partition coefficient (Wildman–Crippen LogP) is 3.40. The molecule has 3 nitrogen and oxygen atoms in total. The molecule has 84 valence electrons. The molecule has 15 heavy (non-hydrogen) atoms. The minimum atomic E-state index is 0.240. The molecule has 0 fully saturated rings. The van der Waals surface area contributed by atoms with Gasteiger partial charge in [-0.2, -0.15) is 4.98 Å². The molecule has 1 aromatic heterocycles. The Morgan fingerprint density at radius 3 is 2.87 bits per heavy atom.